The van der Waals surface area contributed by atoms with Crippen LogP contribution in [0.5, 0.6) is 17.2 Å². The Morgan fingerprint density at radius 2 is 2.00 bits per heavy atom. The Kier molecular flexibility index (Phi) is 2.27. The molecule has 5 heteroatoms. The molecule has 13 heavy (non-hydrogen) atoms. The van der Waals surface area contributed by atoms with E-state index in [1.807, 2.05) is 0 Å². The van der Waals surface area contributed by atoms with Crippen LogP contribution in [0.2, 0.25) is 0 Å². The average molecular weight is 183 g/mol. The van der Waals surface area contributed by atoms with Crippen molar-refractivity contribution in [2.24, 2.45) is 5.73 Å². The summed E-state index contributed by atoms with van der Waals surface area (Å²) in [4.78, 5) is 10.7. The average Bonchev–Trinajstić information content (AvgIpc) is 2.07. The number of hydrogen-bond donors (Lipinski definition) is 3. The van der Waals surface area contributed by atoms with Gasteiger partial charge in [0.25, 0.3) is 5.91 Å². The predicted octanol–water partition coefficient (Wildman–Crippen LogP) is 0.205. The molecule has 4 N–H and O–H groups in total. The molecular formula is C8H9NO4. The van der Waals surface area contributed by atoms with Crippen LogP contribution in [0.1, 0.15) is 10.4 Å². The van der Waals surface area contributed by atoms with Crippen LogP contribution in [0.3, 0.4) is 0 Å². The Bertz CT molecular complexity index is 348. The van der Waals surface area contributed by atoms with Gasteiger partial charge in [-0.25, -0.2) is 0 Å². The first-order chi connectivity index (χ1) is 6.06. The number of benzene rings is 1. The fourth-order valence-corrected chi connectivity index (χ4v) is 0.919. The van der Waals surface area contributed by atoms with Crippen molar-refractivity contribution < 1.29 is 19.7 Å². The van der Waals surface area contributed by atoms with Gasteiger partial charge in [0.05, 0.1) is 12.7 Å². The first-order valence-corrected chi connectivity index (χ1v) is 3.46. The van der Waals surface area contributed by atoms with Gasteiger partial charge in [-0.3, -0.25) is 4.79 Å². The molecule has 0 radical (unpaired) electrons. The molecule has 5 nitrogen and oxygen atoms in total. The maximum Gasteiger partial charge on any atom is 0.252 e. The number of carbonyl (C=O) groups is 1. The van der Waals surface area contributed by atoms with Gasteiger partial charge in [0.2, 0.25) is 0 Å². The molecule has 0 aliphatic carbocycles. The quantitative estimate of drug-likeness (QED) is 0.571. The molecule has 0 bridgehead atoms. The summed E-state index contributed by atoms with van der Waals surface area (Å²) < 4.78 is 4.70. The number of phenols is 2. The first-order valence-electron chi connectivity index (χ1n) is 3.46. The topological polar surface area (TPSA) is 92.8 Å². The smallest absolute Gasteiger partial charge is 0.252 e. The molecule has 0 spiro atoms. The highest BCUT2D eigenvalue weighted by molar-refractivity contribution is 5.96. The number of ether oxygens (including phenoxy) is 1. The Labute approximate surface area is 74.4 Å². The van der Waals surface area contributed by atoms with Crippen LogP contribution in [0, 0.1) is 0 Å². The number of nitrogens with two attached hydrogens (primary N) is 1. The van der Waals surface area contributed by atoms with Crippen LogP contribution in [0.25, 0.3) is 0 Å². The van der Waals surface area contributed by atoms with Gasteiger partial charge >= 0.3 is 0 Å². The number of aromatic hydroxyl groups is 2. The number of rotatable bonds is 2. The van der Waals surface area contributed by atoms with Gasteiger partial charge in [-0.1, -0.05) is 0 Å². The molecule has 0 aliphatic rings. The second-order valence-electron chi connectivity index (χ2n) is 2.41. The minimum atomic E-state index is -0.810. The van der Waals surface area contributed by atoms with Crippen molar-refractivity contribution in [2.45, 2.75) is 0 Å². The van der Waals surface area contributed by atoms with Crippen LogP contribution >= 0.6 is 0 Å². The molecule has 0 saturated carbocycles. The summed E-state index contributed by atoms with van der Waals surface area (Å²) in [5.74, 6) is -1.28. The molecular weight excluding hydrogens is 174 g/mol. The highest BCUT2D eigenvalue weighted by atomic mass is 16.5. The maximum absolute atomic E-state index is 10.7. The van der Waals surface area contributed by atoms with E-state index in [0.29, 0.717) is 0 Å². The first kappa shape index (κ1) is 9.18. The van der Waals surface area contributed by atoms with Gasteiger partial charge in [0.1, 0.15) is 5.75 Å². The third kappa shape index (κ3) is 1.64. The molecule has 0 heterocycles. The summed E-state index contributed by atoms with van der Waals surface area (Å²) in [5.41, 5.74) is 4.78. The molecule has 0 aromatic heterocycles. The molecule has 1 aromatic rings. The van der Waals surface area contributed by atoms with Crippen LogP contribution in [-0.4, -0.2) is 23.2 Å². The van der Waals surface area contributed by atoms with Gasteiger partial charge in [0, 0.05) is 12.1 Å². The van der Waals surface area contributed by atoms with E-state index in [1.165, 1.54) is 7.11 Å². The van der Waals surface area contributed by atoms with Crippen molar-refractivity contribution in [1.82, 2.24) is 0 Å². The maximum atomic E-state index is 10.7. The second kappa shape index (κ2) is 3.22. The molecule has 0 unspecified atom stereocenters. The van der Waals surface area contributed by atoms with E-state index in [1.54, 1.807) is 0 Å². The molecule has 0 atom stereocenters. The number of methoxy groups -OCH3 is 1. The summed E-state index contributed by atoms with van der Waals surface area (Å²) in [6.07, 6.45) is 0. The highest BCUT2D eigenvalue weighted by Crippen LogP contribution is 2.32. The van der Waals surface area contributed by atoms with E-state index in [9.17, 15) is 15.0 Å². The Balaban J connectivity index is 3.28. The van der Waals surface area contributed by atoms with Gasteiger partial charge in [-0.2, -0.15) is 0 Å². The molecule has 1 aromatic carbocycles. The van der Waals surface area contributed by atoms with Crippen molar-refractivity contribution in [2.75, 3.05) is 7.11 Å². The van der Waals surface area contributed by atoms with E-state index >= 15 is 0 Å². The second-order valence-corrected chi connectivity index (χ2v) is 2.41. The van der Waals surface area contributed by atoms with Crippen molar-refractivity contribution >= 4 is 5.91 Å². The monoisotopic (exact) mass is 183 g/mol. The third-order valence-electron chi connectivity index (χ3n) is 1.56. The van der Waals surface area contributed by atoms with E-state index < -0.39 is 5.91 Å². The normalized spacial score (nSPS) is 9.62. The van der Waals surface area contributed by atoms with Crippen molar-refractivity contribution in [1.29, 1.82) is 0 Å². The summed E-state index contributed by atoms with van der Waals surface area (Å²) in [7, 11) is 1.33. The molecule has 0 fully saturated rings. The van der Waals surface area contributed by atoms with Crippen molar-refractivity contribution in [3.05, 3.63) is 17.7 Å². The van der Waals surface area contributed by atoms with E-state index in [2.05, 4.69) is 0 Å². The lowest BCUT2D eigenvalue weighted by Crippen LogP contribution is -2.11. The lowest BCUT2D eigenvalue weighted by Gasteiger charge is -2.06. The van der Waals surface area contributed by atoms with Crippen molar-refractivity contribution in [3.63, 3.8) is 0 Å². The summed E-state index contributed by atoms with van der Waals surface area (Å²) in [6, 6.07) is 2.17. The summed E-state index contributed by atoms with van der Waals surface area (Å²) in [6.45, 7) is 0. The number of phenolic OH excluding ortho intramolecular Hbond substituents is 1. The van der Waals surface area contributed by atoms with E-state index in [0.717, 1.165) is 12.1 Å². The Hall–Kier alpha value is -1.91. The zero-order chi connectivity index (χ0) is 10.0. The minimum Gasteiger partial charge on any atom is -0.507 e. The van der Waals surface area contributed by atoms with Gasteiger partial charge in [0.15, 0.2) is 11.5 Å². The minimum absolute atomic E-state index is 0.0856. The van der Waals surface area contributed by atoms with Gasteiger partial charge in [-0.15, -0.1) is 0 Å². The van der Waals surface area contributed by atoms with E-state index in [4.69, 9.17) is 10.5 Å². The van der Waals surface area contributed by atoms with Gasteiger partial charge in [-0.05, 0) is 0 Å². The number of amides is 1. The predicted molar refractivity (Wildman–Crippen MR) is 44.8 cm³/mol. The number of hydrogen-bond acceptors (Lipinski definition) is 4. The Morgan fingerprint density at radius 1 is 1.38 bits per heavy atom. The largest absolute Gasteiger partial charge is 0.507 e. The summed E-state index contributed by atoms with van der Waals surface area (Å²) >= 11 is 0. The van der Waals surface area contributed by atoms with Gasteiger partial charge < -0.3 is 20.7 Å². The lowest BCUT2D eigenvalue weighted by molar-refractivity contribution is 0.0997. The lowest BCUT2D eigenvalue weighted by atomic mass is 10.1. The third-order valence-corrected chi connectivity index (χ3v) is 1.56. The molecule has 0 saturated heterocycles. The molecule has 0 aliphatic heterocycles. The van der Waals surface area contributed by atoms with Crippen molar-refractivity contribution in [3.8, 4) is 17.2 Å². The fourth-order valence-electron chi connectivity index (χ4n) is 0.919. The molecule has 1 rings (SSSR count). The number of carbonyl (C=O) groups excluding carboxylic acids is 1. The van der Waals surface area contributed by atoms with E-state index in [-0.39, 0.29) is 22.8 Å². The van der Waals surface area contributed by atoms with Crippen LogP contribution < -0.4 is 10.5 Å². The Morgan fingerprint density at radius 3 is 2.46 bits per heavy atom. The fraction of sp³-hybridized carbons (Fsp3) is 0.125. The molecule has 70 valence electrons. The standard InChI is InChI=1S/C8H9NO4/c1-13-7-3-5(10)4(8(9)12)2-6(7)11/h2-3,10-11H,1H3,(H2,9,12). The van der Waals surface area contributed by atoms with Crippen LogP contribution in [0.4, 0.5) is 0 Å². The van der Waals surface area contributed by atoms with Crippen LogP contribution in [-0.2, 0) is 0 Å². The molecule has 1 amide bonds. The van der Waals surface area contributed by atoms with Crippen LogP contribution in [0.15, 0.2) is 12.1 Å². The SMILES string of the molecule is COc1cc(O)c(C(N)=O)cc1O. The summed E-state index contributed by atoms with van der Waals surface area (Å²) in [5, 5.41) is 18.4. The zero-order valence-corrected chi connectivity index (χ0v) is 6.94. The zero-order valence-electron chi connectivity index (χ0n) is 6.94. The highest BCUT2D eigenvalue weighted by Gasteiger charge is 2.12. The number of primary amides is 1.